The predicted octanol–water partition coefficient (Wildman–Crippen LogP) is -2.18. The van der Waals surface area contributed by atoms with E-state index in [1.54, 1.807) is 32.0 Å². The zero-order chi connectivity index (χ0) is 19.2. The molecule has 8 nitrogen and oxygen atoms in total. The fraction of sp³-hybridized carbons (Fsp3) is 0.412. The molecule has 1 aromatic rings. The molecule has 0 unspecified atom stereocenters. The number of aliphatic carboxylic acids is 2. The number of nitrogens with one attached hydrogen (secondary N) is 1. The molecule has 138 valence electrons. The first-order valence-corrected chi connectivity index (χ1v) is 8.80. The van der Waals surface area contributed by atoms with Gasteiger partial charge in [-0.1, -0.05) is 30.3 Å². The maximum atomic E-state index is 12.5. The highest BCUT2D eigenvalue weighted by Crippen LogP contribution is 2.50. The fourth-order valence-corrected chi connectivity index (χ4v) is 5.02. The van der Waals surface area contributed by atoms with E-state index in [-0.39, 0.29) is 5.56 Å². The molecule has 0 spiro atoms. The first-order valence-electron chi connectivity index (χ1n) is 7.92. The summed E-state index contributed by atoms with van der Waals surface area (Å²) in [5.74, 6) is -5.94. The molecule has 0 radical (unpaired) electrons. The molecule has 0 saturated carbocycles. The number of carbonyl (C=O) groups excluding carboxylic acids is 4. The number of hydrogen-bond donors (Lipinski definition) is 1. The molecule has 9 heteroatoms. The smallest absolute Gasteiger partial charge is 0.249 e. The minimum atomic E-state index is -1.58. The van der Waals surface area contributed by atoms with E-state index in [0.29, 0.717) is 0 Å². The molecule has 2 saturated heterocycles. The van der Waals surface area contributed by atoms with Crippen LogP contribution in [-0.2, 0) is 19.2 Å². The summed E-state index contributed by atoms with van der Waals surface area (Å²) in [7, 11) is 0. The summed E-state index contributed by atoms with van der Waals surface area (Å²) in [5, 5.41) is 24.6. The molecule has 1 aromatic carbocycles. The highest BCUT2D eigenvalue weighted by atomic mass is 32.2. The Kier molecular flexibility index (Phi) is 4.43. The van der Waals surface area contributed by atoms with Crippen molar-refractivity contribution in [2.24, 2.45) is 0 Å². The summed E-state index contributed by atoms with van der Waals surface area (Å²) in [6.45, 7) is 3.35. The number of hydrogen-bond acceptors (Lipinski definition) is 7. The van der Waals surface area contributed by atoms with Crippen LogP contribution in [0, 0.1) is 0 Å². The lowest BCUT2D eigenvalue weighted by molar-refractivity contribution is -0.312. The molecule has 2 aliphatic heterocycles. The summed E-state index contributed by atoms with van der Waals surface area (Å²) in [6, 6.07) is 5.73. The SMILES string of the molecule is CC1(C)S[C@H]2[C@H](NC(=O)[C@H](C(=O)[O-])c3ccccc3)C(=O)N2[C@@H]1C(=O)[O-]. The molecule has 4 atom stereocenters. The van der Waals surface area contributed by atoms with Crippen LogP contribution in [0.2, 0.25) is 0 Å². The number of carbonyl (C=O) groups is 4. The predicted molar refractivity (Wildman–Crippen MR) is 87.2 cm³/mol. The Morgan fingerprint density at radius 3 is 2.35 bits per heavy atom. The van der Waals surface area contributed by atoms with E-state index >= 15 is 0 Å². The van der Waals surface area contributed by atoms with Crippen LogP contribution in [0.5, 0.6) is 0 Å². The normalized spacial score (nSPS) is 27.2. The van der Waals surface area contributed by atoms with Crippen molar-refractivity contribution in [3.63, 3.8) is 0 Å². The van der Waals surface area contributed by atoms with Gasteiger partial charge in [-0.3, -0.25) is 9.59 Å². The van der Waals surface area contributed by atoms with Gasteiger partial charge in [0.2, 0.25) is 11.8 Å². The van der Waals surface area contributed by atoms with Gasteiger partial charge in [-0.15, -0.1) is 11.8 Å². The van der Waals surface area contributed by atoms with Gasteiger partial charge in [0.05, 0.1) is 18.0 Å². The molecular formula is C17H16N2O6S-2. The van der Waals surface area contributed by atoms with Crippen molar-refractivity contribution in [2.75, 3.05) is 0 Å². The van der Waals surface area contributed by atoms with E-state index in [1.165, 1.54) is 28.8 Å². The largest absolute Gasteiger partial charge is 0.549 e. The maximum Gasteiger partial charge on any atom is 0.249 e. The summed E-state index contributed by atoms with van der Waals surface area (Å²) in [6.07, 6.45) is 0. The lowest BCUT2D eigenvalue weighted by atomic mass is 9.94. The Labute approximate surface area is 153 Å². The monoisotopic (exact) mass is 376 g/mol. The molecular weight excluding hydrogens is 360 g/mol. The first kappa shape index (κ1) is 18.2. The minimum absolute atomic E-state index is 0.237. The van der Waals surface area contributed by atoms with Crippen molar-refractivity contribution in [3.8, 4) is 0 Å². The number of benzene rings is 1. The zero-order valence-corrected chi connectivity index (χ0v) is 14.8. The molecule has 26 heavy (non-hydrogen) atoms. The Balaban J connectivity index is 1.78. The van der Waals surface area contributed by atoms with Crippen molar-refractivity contribution in [1.29, 1.82) is 0 Å². The average Bonchev–Trinajstić information content (AvgIpc) is 2.82. The van der Waals surface area contributed by atoms with E-state index < -0.39 is 51.9 Å². The Morgan fingerprint density at radius 2 is 1.81 bits per heavy atom. The van der Waals surface area contributed by atoms with Crippen molar-refractivity contribution < 1.29 is 29.4 Å². The van der Waals surface area contributed by atoms with Gasteiger partial charge in [0.25, 0.3) is 0 Å². The maximum absolute atomic E-state index is 12.5. The van der Waals surface area contributed by atoms with E-state index in [2.05, 4.69) is 5.32 Å². The second-order valence-corrected chi connectivity index (χ2v) is 8.50. The van der Waals surface area contributed by atoms with Crippen molar-refractivity contribution in [3.05, 3.63) is 35.9 Å². The van der Waals surface area contributed by atoms with E-state index in [4.69, 9.17) is 0 Å². The third-order valence-corrected chi connectivity index (χ3v) is 6.16. The van der Waals surface area contributed by atoms with Gasteiger partial charge < -0.3 is 30.0 Å². The number of amides is 2. The summed E-state index contributed by atoms with van der Waals surface area (Å²) >= 11 is 1.23. The molecule has 0 aromatic heterocycles. The van der Waals surface area contributed by atoms with Crippen molar-refractivity contribution in [1.82, 2.24) is 10.2 Å². The van der Waals surface area contributed by atoms with E-state index in [1.807, 2.05) is 0 Å². The molecule has 0 bridgehead atoms. The summed E-state index contributed by atoms with van der Waals surface area (Å²) < 4.78 is -0.786. The molecule has 2 amide bonds. The Hall–Kier alpha value is -2.55. The fourth-order valence-electron chi connectivity index (χ4n) is 3.40. The van der Waals surface area contributed by atoms with Crippen LogP contribution in [0.25, 0.3) is 0 Å². The quantitative estimate of drug-likeness (QED) is 0.457. The van der Waals surface area contributed by atoms with Crippen molar-refractivity contribution >= 4 is 35.5 Å². The van der Waals surface area contributed by atoms with Gasteiger partial charge in [0.1, 0.15) is 17.3 Å². The number of carboxylic acid groups (broad SMARTS) is 2. The molecule has 1 N–H and O–H groups in total. The highest BCUT2D eigenvalue weighted by Gasteiger charge is 2.62. The van der Waals surface area contributed by atoms with Gasteiger partial charge in [-0.05, 0) is 19.4 Å². The summed E-state index contributed by atoms with van der Waals surface area (Å²) in [5.41, 5.74) is 0.237. The Bertz CT molecular complexity index is 781. The molecule has 2 heterocycles. The molecule has 2 fully saturated rings. The standard InChI is InChI=1S/C17H18N2O6S/c1-17(2)11(16(24)25)19-13(21)10(14(19)26-17)18-12(20)9(15(22)23)8-6-4-3-5-7-8/h3-7,9-11,14H,1-2H3,(H,18,20)(H,22,23)(H,24,25)/p-2/t9-,10-,11-,14+/m1/s1. The second kappa shape index (κ2) is 6.31. The number of rotatable bonds is 5. The number of β-lactam (4-membered cyclic amide) rings is 1. The van der Waals surface area contributed by atoms with Crippen LogP contribution < -0.4 is 15.5 Å². The number of nitrogens with zero attached hydrogens (tertiary/aromatic N) is 1. The van der Waals surface area contributed by atoms with Gasteiger partial charge in [-0.25, -0.2) is 0 Å². The molecule has 3 rings (SSSR count). The van der Waals surface area contributed by atoms with Crippen LogP contribution in [0.15, 0.2) is 30.3 Å². The van der Waals surface area contributed by atoms with Crippen LogP contribution in [0.1, 0.15) is 25.3 Å². The highest BCUT2D eigenvalue weighted by molar-refractivity contribution is 8.01. The average molecular weight is 376 g/mol. The van der Waals surface area contributed by atoms with Crippen LogP contribution in [0.3, 0.4) is 0 Å². The van der Waals surface area contributed by atoms with E-state index in [9.17, 15) is 29.4 Å². The van der Waals surface area contributed by atoms with Gasteiger partial charge >= 0.3 is 0 Å². The summed E-state index contributed by atoms with van der Waals surface area (Å²) in [4.78, 5) is 48.8. The third-order valence-electron chi connectivity index (χ3n) is 4.59. The Morgan fingerprint density at radius 1 is 1.19 bits per heavy atom. The lowest BCUT2D eigenvalue weighted by Crippen LogP contribution is -2.72. The molecule has 0 aliphatic carbocycles. The van der Waals surface area contributed by atoms with E-state index in [0.717, 1.165) is 0 Å². The zero-order valence-electron chi connectivity index (χ0n) is 14.0. The second-order valence-electron chi connectivity index (χ2n) is 6.73. The third kappa shape index (κ3) is 2.82. The van der Waals surface area contributed by atoms with Crippen LogP contribution >= 0.6 is 11.8 Å². The number of fused-ring (bicyclic) bond motifs is 1. The van der Waals surface area contributed by atoms with Crippen LogP contribution in [0.4, 0.5) is 0 Å². The molecule has 2 aliphatic rings. The lowest BCUT2D eigenvalue weighted by Gasteiger charge is -2.45. The topological polar surface area (TPSA) is 130 Å². The van der Waals surface area contributed by atoms with Crippen molar-refractivity contribution in [2.45, 2.75) is 42.0 Å². The van der Waals surface area contributed by atoms with Gasteiger partial charge in [-0.2, -0.15) is 0 Å². The van der Waals surface area contributed by atoms with Gasteiger partial charge in [0, 0.05) is 4.75 Å². The first-order chi connectivity index (χ1) is 12.1. The van der Waals surface area contributed by atoms with Gasteiger partial charge in [0.15, 0.2) is 0 Å². The van der Waals surface area contributed by atoms with Crippen LogP contribution in [-0.4, -0.2) is 50.9 Å². The number of thioether (sulfide) groups is 1. The minimum Gasteiger partial charge on any atom is -0.549 e. The number of carboxylic acids is 2.